The zero-order valence-electron chi connectivity index (χ0n) is 16.1. The van der Waals surface area contributed by atoms with Gasteiger partial charge in [0, 0.05) is 17.5 Å². The van der Waals surface area contributed by atoms with Crippen molar-refractivity contribution in [3.63, 3.8) is 0 Å². The number of benzene rings is 2. The molecule has 3 aromatic heterocycles. The first-order chi connectivity index (χ1) is 15.2. The van der Waals surface area contributed by atoms with E-state index in [2.05, 4.69) is 15.0 Å². The highest BCUT2D eigenvalue weighted by molar-refractivity contribution is 7.98. The maximum atomic E-state index is 14.7. The van der Waals surface area contributed by atoms with Crippen molar-refractivity contribution in [2.24, 2.45) is 0 Å². The summed E-state index contributed by atoms with van der Waals surface area (Å²) >= 11 is 1.29. The van der Waals surface area contributed by atoms with E-state index in [4.69, 9.17) is 4.42 Å². The number of fused-ring (bicyclic) bond motifs is 1. The molecular formula is C23H15FN4O2S. The Morgan fingerprint density at radius 2 is 1.97 bits per heavy atom. The molecule has 0 fully saturated rings. The second kappa shape index (κ2) is 8.16. The molecule has 0 aliphatic rings. The van der Waals surface area contributed by atoms with Crippen molar-refractivity contribution in [2.75, 3.05) is 0 Å². The molecule has 0 saturated heterocycles. The van der Waals surface area contributed by atoms with E-state index in [0.717, 1.165) is 0 Å². The van der Waals surface area contributed by atoms with Gasteiger partial charge in [-0.25, -0.2) is 14.4 Å². The molecule has 0 aliphatic carbocycles. The molecule has 0 saturated carbocycles. The van der Waals surface area contributed by atoms with Crippen LogP contribution in [0, 0.1) is 5.82 Å². The van der Waals surface area contributed by atoms with Crippen molar-refractivity contribution in [3.8, 4) is 17.1 Å². The highest BCUT2D eigenvalue weighted by atomic mass is 32.2. The number of hydrogen-bond acceptors (Lipinski definition) is 6. The third-order valence-electron chi connectivity index (χ3n) is 4.74. The molecule has 152 valence electrons. The van der Waals surface area contributed by atoms with E-state index in [9.17, 15) is 9.18 Å². The average molecular weight is 430 g/mol. The molecule has 6 nitrogen and oxygen atoms in total. The first-order valence-electron chi connectivity index (χ1n) is 9.44. The second-order valence-corrected chi connectivity index (χ2v) is 7.64. The predicted molar refractivity (Wildman–Crippen MR) is 117 cm³/mol. The van der Waals surface area contributed by atoms with Crippen LogP contribution in [0.2, 0.25) is 0 Å². The van der Waals surface area contributed by atoms with Crippen LogP contribution in [0.4, 0.5) is 4.39 Å². The number of oxazole rings is 1. The molecule has 0 unspecified atom stereocenters. The van der Waals surface area contributed by atoms with Gasteiger partial charge in [-0.15, -0.1) is 0 Å². The van der Waals surface area contributed by atoms with E-state index < -0.39 is 0 Å². The third kappa shape index (κ3) is 3.73. The standard InChI is InChI=1S/C23H15FN4O2S/c24-19-12-15(21-26-10-11-30-21)7-8-16(19)14-31-23-27-20-6-2-1-5-18(20)22(29)28(23)17-4-3-9-25-13-17/h1-13H,14H2. The van der Waals surface area contributed by atoms with Gasteiger partial charge >= 0.3 is 0 Å². The number of pyridine rings is 1. The van der Waals surface area contributed by atoms with Crippen LogP contribution in [0.25, 0.3) is 28.0 Å². The van der Waals surface area contributed by atoms with Gasteiger partial charge in [0.1, 0.15) is 12.1 Å². The Morgan fingerprint density at radius 1 is 1.06 bits per heavy atom. The summed E-state index contributed by atoms with van der Waals surface area (Å²) in [6.07, 6.45) is 6.20. The Kier molecular flexibility index (Phi) is 5.05. The summed E-state index contributed by atoms with van der Waals surface area (Å²) in [7, 11) is 0. The second-order valence-electron chi connectivity index (χ2n) is 6.70. The smallest absolute Gasteiger partial charge is 0.266 e. The van der Waals surface area contributed by atoms with E-state index in [0.29, 0.717) is 44.5 Å². The van der Waals surface area contributed by atoms with E-state index in [-0.39, 0.29) is 11.4 Å². The third-order valence-corrected chi connectivity index (χ3v) is 5.73. The lowest BCUT2D eigenvalue weighted by Gasteiger charge is -2.13. The molecule has 5 aromatic rings. The molecule has 31 heavy (non-hydrogen) atoms. The zero-order chi connectivity index (χ0) is 21.2. The Bertz CT molecular complexity index is 1420. The van der Waals surface area contributed by atoms with E-state index >= 15 is 0 Å². The van der Waals surface area contributed by atoms with Gasteiger partial charge in [0.25, 0.3) is 5.56 Å². The molecule has 5 rings (SSSR count). The fourth-order valence-corrected chi connectivity index (χ4v) is 4.23. The molecule has 8 heteroatoms. The average Bonchev–Trinajstić information content (AvgIpc) is 3.34. The summed E-state index contributed by atoms with van der Waals surface area (Å²) in [5, 5.41) is 0.977. The van der Waals surface area contributed by atoms with Gasteiger partial charge in [-0.2, -0.15) is 0 Å². The van der Waals surface area contributed by atoms with E-state index in [1.54, 1.807) is 54.9 Å². The van der Waals surface area contributed by atoms with E-state index in [1.165, 1.54) is 34.9 Å². The highest BCUT2D eigenvalue weighted by Gasteiger charge is 2.15. The van der Waals surface area contributed by atoms with E-state index in [1.807, 2.05) is 6.07 Å². The fraction of sp³-hybridized carbons (Fsp3) is 0.0435. The van der Waals surface area contributed by atoms with Crippen LogP contribution in [0.15, 0.2) is 93.8 Å². The number of para-hydroxylation sites is 1. The minimum atomic E-state index is -0.376. The van der Waals surface area contributed by atoms with Gasteiger partial charge in [0.05, 0.1) is 29.0 Å². The van der Waals surface area contributed by atoms with Crippen LogP contribution in [-0.4, -0.2) is 19.5 Å². The van der Waals surface area contributed by atoms with Crippen molar-refractivity contribution < 1.29 is 8.81 Å². The molecule has 0 atom stereocenters. The highest BCUT2D eigenvalue weighted by Crippen LogP contribution is 2.27. The van der Waals surface area contributed by atoms with Crippen molar-refractivity contribution >= 4 is 22.7 Å². The molecule has 3 heterocycles. The molecular weight excluding hydrogens is 415 g/mol. The van der Waals surface area contributed by atoms with Crippen LogP contribution in [0.1, 0.15) is 5.56 Å². The maximum Gasteiger partial charge on any atom is 0.266 e. The Morgan fingerprint density at radius 3 is 2.74 bits per heavy atom. The fourth-order valence-electron chi connectivity index (χ4n) is 3.23. The molecule has 0 N–H and O–H groups in total. The normalized spacial score (nSPS) is 11.1. The van der Waals surface area contributed by atoms with Gasteiger partial charge in [0.15, 0.2) is 5.16 Å². The summed E-state index contributed by atoms with van der Waals surface area (Å²) in [5.74, 6) is 0.280. The molecule has 0 spiro atoms. The quantitative estimate of drug-likeness (QED) is 0.293. The first-order valence-corrected chi connectivity index (χ1v) is 10.4. The number of nitrogens with zero attached hydrogens (tertiary/aromatic N) is 4. The number of aromatic nitrogens is 4. The molecule has 2 aromatic carbocycles. The number of thioether (sulfide) groups is 1. The van der Waals surface area contributed by atoms with Crippen molar-refractivity contribution in [2.45, 2.75) is 10.9 Å². The van der Waals surface area contributed by atoms with Crippen LogP contribution in [-0.2, 0) is 5.75 Å². The molecule has 0 radical (unpaired) electrons. The van der Waals surface area contributed by atoms with Crippen LogP contribution >= 0.6 is 11.8 Å². The van der Waals surface area contributed by atoms with Crippen molar-refractivity contribution in [1.82, 2.24) is 19.5 Å². The first kappa shape index (κ1) is 19.2. The van der Waals surface area contributed by atoms with Gasteiger partial charge in [-0.05, 0) is 42.0 Å². The van der Waals surface area contributed by atoms with Gasteiger partial charge in [-0.1, -0.05) is 30.0 Å². The van der Waals surface area contributed by atoms with Gasteiger partial charge in [-0.3, -0.25) is 14.3 Å². The summed E-state index contributed by atoms with van der Waals surface area (Å²) in [6.45, 7) is 0. The minimum absolute atomic E-state index is 0.194. The lowest BCUT2D eigenvalue weighted by atomic mass is 10.1. The number of hydrogen-bond donors (Lipinski definition) is 0. The number of rotatable bonds is 5. The topological polar surface area (TPSA) is 73.8 Å². The minimum Gasteiger partial charge on any atom is -0.445 e. The lowest BCUT2D eigenvalue weighted by molar-refractivity contribution is 0.572. The molecule has 0 aliphatic heterocycles. The lowest BCUT2D eigenvalue weighted by Crippen LogP contribution is -2.21. The predicted octanol–water partition coefficient (Wildman–Crippen LogP) is 4.87. The largest absolute Gasteiger partial charge is 0.445 e. The summed E-state index contributed by atoms with van der Waals surface area (Å²) in [4.78, 5) is 26.0. The van der Waals surface area contributed by atoms with Crippen LogP contribution in [0.5, 0.6) is 0 Å². The maximum absolute atomic E-state index is 14.7. The van der Waals surface area contributed by atoms with Crippen LogP contribution in [0.3, 0.4) is 0 Å². The van der Waals surface area contributed by atoms with Gasteiger partial charge < -0.3 is 4.42 Å². The number of halogens is 1. The van der Waals surface area contributed by atoms with Crippen molar-refractivity contribution in [3.05, 3.63) is 101 Å². The monoisotopic (exact) mass is 430 g/mol. The Hall–Kier alpha value is -3.78. The summed E-state index contributed by atoms with van der Waals surface area (Å²) in [5.41, 5.74) is 2.05. The summed E-state index contributed by atoms with van der Waals surface area (Å²) < 4.78 is 21.5. The van der Waals surface area contributed by atoms with Crippen molar-refractivity contribution in [1.29, 1.82) is 0 Å². The summed E-state index contributed by atoms with van der Waals surface area (Å²) in [6, 6.07) is 15.6. The Labute approximate surface area is 180 Å². The Balaban J connectivity index is 1.53. The molecule has 0 amide bonds. The molecule has 0 bridgehead atoms. The zero-order valence-corrected chi connectivity index (χ0v) is 16.9. The SMILES string of the molecule is O=c1c2ccccc2nc(SCc2ccc(-c3ncco3)cc2F)n1-c1cccnc1. The van der Waals surface area contributed by atoms with Gasteiger partial charge in [0.2, 0.25) is 5.89 Å². The van der Waals surface area contributed by atoms with Crippen LogP contribution < -0.4 is 5.56 Å².